The van der Waals surface area contributed by atoms with E-state index in [0.717, 1.165) is 34.9 Å². The van der Waals surface area contributed by atoms with Crippen molar-refractivity contribution in [2.24, 2.45) is 11.7 Å². The number of fused-ring (bicyclic) bond motifs is 2. The Labute approximate surface area is 347 Å². The van der Waals surface area contributed by atoms with E-state index in [9.17, 15) is 38.7 Å². The lowest BCUT2D eigenvalue weighted by atomic mass is 9.92. The Balaban J connectivity index is 0.00000311. The van der Waals surface area contributed by atoms with Crippen LogP contribution >= 0.6 is 0 Å². The maximum atomic E-state index is 13.0. The van der Waals surface area contributed by atoms with Crippen molar-refractivity contribution >= 4 is 52.4 Å². The number of primary amides is 1. The number of benzene rings is 3. The number of rotatable bonds is 22. The van der Waals surface area contributed by atoms with Gasteiger partial charge < -0.3 is 36.5 Å². The van der Waals surface area contributed by atoms with Gasteiger partial charge in [0.1, 0.15) is 29.2 Å². The third-order valence-electron chi connectivity index (χ3n) is 9.48. The van der Waals surface area contributed by atoms with Crippen molar-refractivity contribution < 1.29 is 47.9 Å². The van der Waals surface area contributed by atoms with Crippen molar-refractivity contribution in [3.63, 3.8) is 0 Å². The van der Waals surface area contributed by atoms with Crippen LogP contribution in [0.5, 0.6) is 5.75 Å². The molecule has 2 aromatic carbocycles. The van der Waals surface area contributed by atoms with Crippen LogP contribution in [-0.4, -0.2) is 71.8 Å². The van der Waals surface area contributed by atoms with Gasteiger partial charge in [-0.25, -0.2) is 0 Å². The van der Waals surface area contributed by atoms with E-state index in [1.54, 1.807) is 30.3 Å². The summed E-state index contributed by atoms with van der Waals surface area (Å²) in [5, 5.41) is 21.3. The fraction of sp³-hybridized carbons (Fsp3) is 0.409. The number of carbonyl (C=O) groups excluding carboxylic acids is 8. The Hall–Kier alpha value is -6.67. The normalized spacial score (nSPS) is 11.7. The average molecular weight is 828 g/mol. The summed E-state index contributed by atoms with van der Waals surface area (Å²) in [5.41, 5.74) is 8.63. The van der Waals surface area contributed by atoms with Gasteiger partial charge in [-0.3, -0.25) is 33.6 Å². The second kappa shape index (κ2) is 24.3. The Kier molecular flexibility index (Phi) is 19.3. The number of amides is 5. The van der Waals surface area contributed by atoms with Crippen LogP contribution in [0.4, 0.5) is 0 Å². The predicted molar refractivity (Wildman–Crippen MR) is 221 cm³/mol. The number of nitrogens with one attached hydrogen (secondary N) is 4. The van der Waals surface area contributed by atoms with Gasteiger partial charge in [-0.15, -0.1) is 0 Å². The number of nitrogens with two attached hydrogens (primary N) is 1. The Morgan fingerprint density at radius 2 is 1.45 bits per heavy atom. The fourth-order valence-electron chi connectivity index (χ4n) is 6.59. The standard InChI is InChI=1S/C43H53N5O9.CO2/c1-26(2)22-35(43(56)46-25-40(54)47-34(42(44)55)10-8-9-21-45-27(3)49)48-39(53)12-7-5-4-6-11-36(52)28-13-15-29(16-14-28)41-32-19-17-30(50)23-37(32)57-38-24-31(51)18-20-33(38)41;2-1-3/h13-20,23-24,26,34-35,50H,4-12,21-22,25H2,1-3H3,(H2,44,55)(H,45,49)(H,46,56)(H,47,54)(H,48,53);/t34-,35-;/m0./s1. The van der Waals surface area contributed by atoms with Crippen molar-refractivity contribution in [1.82, 2.24) is 21.3 Å². The number of ketones is 1. The van der Waals surface area contributed by atoms with Gasteiger partial charge in [0.25, 0.3) is 0 Å². The minimum Gasteiger partial charge on any atom is -0.508 e. The number of carbonyl (C=O) groups is 6. The Morgan fingerprint density at radius 3 is 2.10 bits per heavy atom. The minimum atomic E-state index is -0.919. The summed E-state index contributed by atoms with van der Waals surface area (Å²) in [6.45, 7) is 5.29. The lowest BCUT2D eigenvalue weighted by molar-refractivity contribution is -0.191. The summed E-state index contributed by atoms with van der Waals surface area (Å²) < 4.78 is 5.92. The summed E-state index contributed by atoms with van der Waals surface area (Å²) >= 11 is 0. The van der Waals surface area contributed by atoms with E-state index in [-0.39, 0.29) is 53.7 Å². The lowest BCUT2D eigenvalue weighted by Gasteiger charge is -2.21. The predicted octanol–water partition coefficient (Wildman–Crippen LogP) is 4.13. The van der Waals surface area contributed by atoms with E-state index < -0.39 is 36.3 Å². The largest absolute Gasteiger partial charge is 0.508 e. The molecule has 2 aliphatic rings. The van der Waals surface area contributed by atoms with Gasteiger partial charge in [0, 0.05) is 60.5 Å². The molecule has 5 amide bonds. The maximum Gasteiger partial charge on any atom is 0.373 e. The molecule has 0 aromatic heterocycles. The summed E-state index contributed by atoms with van der Waals surface area (Å²) in [7, 11) is 0. The Morgan fingerprint density at radius 1 is 0.783 bits per heavy atom. The van der Waals surface area contributed by atoms with E-state index in [0.29, 0.717) is 62.0 Å². The highest BCUT2D eigenvalue weighted by Gasteiger charge is 2.24. The highest BCUT2D eigenvalue weighted by Crippen LogP contribution is 2.40. The summed E-state index contributed by atoms with van der Waals surface area (Å²) in [6, 6.07) is 14.9. The van der Waals surface area contributed by atoms with Crippen molar-refractivity contribution in [2.75, 3.05) is 13.1 Å². The number of phenols is 1. The van der Waals surface area contributed by atoms with Crippen LogP contribution in [0, 0.1) is 5.92 Å². The third-order valence-corrected chi connectivity index (χ3v) is 9.48. The topological polar surface area (TPSA) is 261 Å². The zero-order valence-electron chi connectivity index (χ0n) is 34.1. The first-order valence-corrected chi connectivity index (χ1v) is 19.9. The molecular formula is C44H53N5O11. The van der Waals surface area contributed by atoms with Crippen LogP contribution in [0.1, 0.15) is 95.3 Å². The average Bonchev–Trinajstić information content (AvgIpc) is 3.19. The highest BCUT2D eigenvalue weighted by molar-refractivity contribution is 6.03. The molecule has 7 N–H and O–H groups in total. The van der Waals surface area contributed by atoms with Crippen LogP contribution in [0.3, 0.4) is 0 Å². The third kappa shape index (κ3) is 15.6. The molecule has 60 heavy (non-hydrogen) atoms. The first-order valence-electron chi connectivity index (χ1n) is 19.9. The summed E-state index contributed by atoms with van der Waals surface area (Å²) in [4.78, 5) is 102. The summed E-state index contributed by atoms with van der Waals surface area (Å²) in [6.07, 6.45) is 5.27. The number of hydrogen-bond acceptors (Lipinski definition) is 11. The first kappa shape index (κ1) is 47.7. The second-order valence-corrected chi connectivity index (χ2v) is 14.8. The lowest BCUT2D eigenvalue weighted by Crippen LogP contribution is -2.51. The zero-order chi connectivity index (χ0) is 44.2. The molecule has 0 saturated heterocycles. The van der Waals surface area contributed by atoms with Gasteiger partial charge in [0.15, 0.2) is 11.2 Å². The highest BCUT2D eigenvalue weighted by atomic mass is 16.3. The van der Waals surface area contributed by atoms with Gasteiger partial charge in [-0.2, -0.15) is 9.59 Å². The van der Waals surface area contributed by atoms with E-state index in [4.69, 9.17) is 19.7 Å². The molecule has 1 aliphatic heterocycles. The number of aromatic hydroxyl groups is 1. The van der Waals surface area contributed by atoms with Gasteiger partial charge in [0.2, 0.25) is 29.5 Å². The molecule has 320 valence electrons. The molecule has 1 heterocycles. The molecule has 0 spiro atoms. The number of phenolic OH excluding ortho intramolecular Hbond substituents is 1. The number of unbranched alkanes of at least 4 members (excludes halogenated alkanes) is 4. The van der Waals surface area contributed by atoms with Crippen LogP contribution in [0.25, 0.3) is 33.4 Å². The maximum absolute atomic E-state index is 13.0. The molecule has 0 saturated carbocycles. The van der Waals surface area contributed by atoms with Crippen molar-refractivity contribution in [3.05, 3.63) is 76.5 Å². The van der Waals surface area contributed by atoms with Crippen LogP contribution in [-0.2, 0) is 33.6 Å². The van der Waals surface area contributed by atoms with Crippen LogP contribution in [0.15, 0.2) is 69.9 Å². The number of hydrogen-bond donors (Lipinski definition) is 6. The molecule has 16 heteroatoms. The van der Waals surface area contributed by atoms with E-state index in [1.807, 2.05) is 26.0 Å². The van der Waals surface area contributed by atoms with E-state index in [2.05, 4.69) is 21.3 Å². The quantitative estimate of drug-likeness (QED) is 0.0373. The first-order chi connectivity index (χ1) is 28.6. The van der Waals surface area contributed by atoms with Gasteiger partial charge >= 0.3 is 6.15 Å². The van der Waals surface area contributed by atoms with Crippen molar-refractivity contribution in [1.29, 1.82) is 0 Å². The molecule has 1 aliphatic carbocycles. The molecule has 0 bridgehead atoms. The van der Waals surface area contributed by atoms with E-state index >= 15 is 0 Å². The van der Waals surface area contributed by atoms with Crippen molar-refractivity contribution in [2.45, 2.75) is 97.1 Å². The number of Topliss-reactive ketones (excluding diaryl/α,β-unsaturated/α-hetero) is 1. The SMILES string of the molecule is CC(=O)NCCCC[C@H](NC(=O)CNC(=O)[C@H](CC(C)C)NC(=O)CCCCCCC(=O)c1ccc(-c2c3ccc(=O)cc-3oc3cc(O)ccc23)cc1)C(N)=O.O=C=O. The Bertz CT molecular complexity index is 2180. The van der Waals surface area contributed by atoms with Crippen LogP contribution in [0.2, 0.25) is 0 Å². The summed E-state index contributed by atoms with van der Waals surface area (Å²) in [5.74, 6) is -1.73. The molecule has 0 unspecified atom stereocenters. The molecule has 2 atom stereocenters. The van der Waals surface area contributed by atoms with Gasteiger partial charge in [-0.05, 0) is 74.3 Å². The van der Waals surface area contributed by atoms with E-state index in [1.165, 1.54) is 25.1 Å². The zero-order valence-corrected chi connectivity index (χ0v) is 34.1. The molecule has 16 nitrogen and oxygen atoms in total. The van der Waals surface area contributed by atoms with Gasteiger partial charge in [0.05, 0.1) is 6.54 Å². The van der Waals surface area contributed by atoms with Gasteiger partial charge in [-0.1, -0.05) is 51.0 Å². The van der Waals surface area contributed by atoms with Crippen molar-refractivity contribution in [3.8, 4) is 28.2 Å². The monoisotopic (exact) mass is 827 g/mol. The smallest absolute Gasteiger partial charge is 0.373 e. The molecule has 2 aromatic rings. The molecular weight excluding hydrogens is 775 g/mol. The van der Waals surface area contributed by atoms with Crippen LogP contribution < -0.4 is 32.4 Å². The molecule has 4 rings (SSSR count). The molecule has 0 radical (unpaired) electrons. The molecule has 0 fully saturated rings. The second-order valence-electron chi connectivity index (χ2n) is 14.8. The minimum absolute atomic E-state index is 0.00180. The fourth-order valence-corrected chi connectivity index (χ4v) is 6.59.